The van der Waals surface area contributed by atoms with Crippen molar-refractivity contribution in [2.24, 2.45) is 0 Å². The molecule has 4 aromatic carbocycles. The van der Waals surface area contributed by atoms with Crippen molar-refractivity contribution >= 4 is 44.3 Å². The van der Waals surface area contributed by atoms with Gasteiger partial charge in [0.25, 0.3) is 15.9 Å². The summed E-state index contributed by atoms with van der Waals surface area (Å²) in [6.07, 6.45) is 0.910. The second kappa shape index (κ2) is 10.9. The summed E-state index contributed by atoms with van der Waals surface area (Å²) < 4.78 is 29.0. The van der Waals surface area contributed by atoms with E-state index in [9.17, 15) is 13.2 Å². The van der Waals surface area contributed by atoms with Gasteiger partial charge in [-0.05, 0) is 73.6 Å². The SMILES string of the molecule is CNCCc1ccc(NC(=C2C(=O)Nc3ccc(S(=O)(=O)Nc4ccccc4)cc32)c2ccccc2)cc1. The molecule has 0 saturated carbocycles. The fourth-order valence-corrected chi connectivity index (χ4v) is 5.42. The van der Waals surface area contributed by atoms with Crippen molar-refractivity contribution in [3.8, 4) is 0 Å². The van der Waals surface area contributed by atoms with Crippen molar-refractivity contribution < 1.29 is 13.2 Å². The fourth-order valence-electron chi connectivity index (χ4n) is 4.33. The summed E-state index contributed by atoms with van der Waals surface area (Å²) in [7, 11) is -1.95. The fraction of sp³-hybridized carbons (Fsp3) is 0.100. The number of carbonyl (C=O) groups excluding carboxylic acids is 1. The quantitative estimate of drug-likeness (QED) is 0.226. The zero-order valence-corrected chi connectivity index (χ0v) is 21.7. The van der Waals surface area contributed by atoms with Crippen molar-refractivity contribution in [1.29, 1.82) is 0 Å². The number of carbonyl (C=O) groups is 1. The van der Waals surface area contributed by atoms with Gasteiger partial charge < -0.3 is 16.0 Å². The first-order chi connectivity index (χ1) is 18.4. The molecular weight excluding hydrogens is 496 g/mol. The van der Waals surface area contributed by atoms with Crippen LogP contribution in [0.3, 0.4) is 0 Å². The predicted molar refractivity (Wildman–Crippen MR) is 153 cm³/mol. The summed E-state index contributed by atoms with van der Waals surface area (Å²) >= 11 is 0. The first kappa shape index (κ1) is 25.3. The molecule has 1 heterocycles. The van der Waals surface area contributed by atoms with Crippen LogP contribution in [-0.2, 0) is 21.2 Å². The van der Waals surface area contributed by atoms with Gasteiger partial charge in [0, 0.05) is 22.6 Å². The zero-order valence-electron chi connectivity index (χ0n) is 20.9. The van der Waals surface area contributed by atoms with Crippen molar-refractivity contribution in [1.82, 2.24) is 5.32 Å². The molecule has 4 aromatic rings. The van der Waals surface area contributed by atoms with Crippen LogP contribution in [-0.4, -0.2) is 27.9 Å². The number of nitrogens with one attached hydrogen (secondary N) is 4. The van der Waals surface area contributed by atoms with Gasteiger partial charge in [0.05, 0.1) is 16.2 Å². The summed E-state index contributed by atoms with van der Waals surface area (Å²) in [5.74, 6) is -0.303. The number of benzene rings is 4. The van der Waals surface area contributed by atoms with E-state index in [1.165, 1.54) is 11.6 Å². The van der Waals surface area contributed by atoms with Gasteiger partial charge >= 0.3 is 0 Å². The van der Waals surface area contributed by atoms with E-state index < -0.39 is 10.0 Å². The lowest BCUT2D eigenvalue weighted by molar-refractivity contribution is -0.110. The lowest BCUT2D eigenvalue weighted by Crippen LogP contribution is -2.13. The van der Waals surface area contributed by atoms with E-state index in [1.807, 2.05) is 55.6 Å². The highest BCUT2D eigenvalue weighted by Crippen LogP contribution is 2.39. The molecule has 0 atom stereocenters. The molecular formula is C30H28N4O3S. The number of amides is 1. The Kier molecular flexibility index (Phi) is 7.26. The molecule has 5 rings (SSSR count). The van der Waals surface area contributed by atoms with Crippen LogP contribution in [0.15, 0.2) is 108 Å². The molecule has 0 unspecified atom stereocenters. The first-order valence-electron chi connectivity index (χ1n) is 12.3. The lowest BCUT2D eigenvalue weighted by atomic mass is 10.00. The minimum absolute atomic E-state index is 0.0652. The highest BCUT2D eigenvalue weighted by Gasteiger charge is 2.30. The largest absolute Gasteiger partial charge is 0.354 e. The van der Waals surface area contributed by atoms with Crippen molar-refractivity contribution in [3.05, 3.63) is 120 Å². The van der Waals surface area contributed by atoms with Crippen molar-refractivity contribution in [2.75, 3.05) is 28.9 Å². The van der Waals surface area contributed by atoms with Crippen LogP contribution < -0.4 is 20.7 Å². The lowest BCUT2D eigenvalue weighted by Gasteiger charge is -2.16. The number of hydrogen-bond acceptors (Lipinski definition) is 5. The van der Waals surface area contributed by atoms with E-state index in [2.05, 4.69) is 32.8 Å². The van der Waals surface area contributed by atoms with Gasteiger partial charge in [0.2, 0.25) is 0 Å². The van der Waals surface area contributed by atoms with Crippen LogP contribution in [0, 0.1) is 0 Å². The van der Waals surface area contributed by atoms with E-state index >= 15 is 0 Å². The van der Waals surface area contributed by atoms with Crippen molar-refractivity contribution in [3.63, 3.8) is 0 Å². The van der Waals surface area contributed by atoms with Crippen molar-refractivity contribution in [2.45, 2.75) is 11.3 Å². The topological polar surface area (TPSA) is 99.3 Å². The Hall–Kier alpha value is -4.40. The summed E-state index contributed by atoms with van der Waals surface area (Å²) in [6.45, 7) is 0.882. The van der Waals surface area contributed by atoms with Crippen LogP contribution in [0.1, 0.15) is 16.7 Å². The average molecular weight is 525 g/mol. The van der Waals surface area contributed by atoms with Crippen LogP contribution in [0.25, 0.3) is 11.3 Å². The standard InChI is InChI=1S/C30H28N4O3S/c1-31-19-18-21-12-14-23(15-13-21)32-29(22-8-4-2-5-9-22)28-26-20-25(16-17-27(26)33-30(28)35)38(36,37)34-24-10-6-3-7-11-24/h2-17,20,31-32,34H,18-19H2,1H3,(H,33,35). The van der Waals surface area contributed by atoms with Gasteiger partial charge in [-0.3, -0.25) is 9.52 Å². The maximum Gasteiger partial charge on any atom is 0.261 e. The van der Waals surface area contributed by atoms with Crippen LogP contribution in [0.2, 0.25) is 0 Å². The number of likely N-dealkylation sites (N-methyl/N-ethyl adjacent to an activating group) is 1. The summed E-state index contributed by atoms with van der Waals surface area (Å²) in [6, 6.07) is 31.0. The number of sulfonamides is 1. The Morgan fingerprint density at radius 3 is 2.18 bits per heavy atom. The Morgan fingerprint density at radius 1 is 0.816 bits per heavy atom. The summed E-state index contributed by atoms with van der Waals surface area (Å²) in [5.41, 5.74) is 5.33. The Morgan fingerprint density at radius 2 is 1.50 bits per heavy atom. The molecule has 0 spiro atoms. The minimum Gasteiger partial charge on any atom is -0.354 e. The monoisotopic (exact) mass is 524 g/mol. The van der Waals surface area contributed by atoms with Gasteiger partial charge in [-0.15, -0.1) is 0 Å². The molecule has 7 nitrogen and oxygen atoms in total. The molecule has 1 amide bonds. The van der Waals surface area contributed by atoms with Gasteiger partial charge in [0.1, 0.15) is 0 Å². The number of hydrogen-bond donors (Lipinski definition) is 4. The predicted octanol–water partition coefficient (Wildman–Crippen LogP) is 5.18. The smallest absolute Gasteiger partial charge is 0.261 e. The molecule has 0 fully saturated rings. The van der Waals surface area contributed by atoms with Gasteiger partial charge in [-0.1, -0.05) is 60.7 Å². The van der Waals surface area contributed by atoms with Crippen LogP contribution in [0.5, 0.6) is 0 Å². The zero-order chi connectivity index (χ0) is 26.5. The average Bonchev–Trinajstić information content (AvgIpc) is 3.26. The molecule has 0 aromatic heterocycles. The Bertz CT molecular complexity index is 1580. The second-order valence-corrected chi connectivity index (χ2v) is 10.6. The Balaban J connectivity index is 1.57. The van der Waals surface area contributed by atoms with E-state index in [-0.39, 0.29) is 10.8 Å². The molecule has 0 saturated heterocycles. The number of anilines is 3. The molecule has 1 aliphatic rings. The highest BCUT2D eigenvalue weighted by molar-refractivity contribution is 7.92. The molecule has 8 heteroatoms. The molecule has 0 radical (unpaired) electrons. The molecule has 1 aliphatic heterocycles. The summed E-state index contributed by atoms with van der Waals surface area (Å²) in [5, 5.41) is 9.46. The van der Waals surface area contributed by atoms with Crippen LogP contribution >= 0.6 is 0 Å². The first-order valence-corrected chi connectivity index (χ1v) is 13.8. The van der Waals surface area contributed by atoms with E-state index in [0.717, 1.165) is 24.2 Å². The normalized spacial score (nSPS) is 14.0. The third-order valence-corrected chi connectivity index (χ3v) is 7.65. The number of para-hydroxylation sites is 1. The van der Waals surface area contributed by atoms with E-state index in [1.54, 1.807) is 36.4 Å². The van der Waals surface area contributed by atoms with Crippen LogP contribution in [0.4, 0.5) is 17.1 Å². The Labute approximate surface area is 222 Å². The van der Waals surface area contributed by atoms with Gasteiger partial charge in [0.15, 0.2) is 0 Å². The van der Waals surface area contributed by atoms with E-state index in [4.69, 9.17) is 0 Å². The van der Waals surface area contributed by atoms with E-state index in [0.29, 0.717) is 28.2 Å². The van der Waals surface area contributed by atoms with Gasteiger partial charge in [-0.25, -0.2) is 8.42 Å². The third-order valence-electron chi connectivity index (χ3n) is 6.27. The number of rotatable bonds is 9. The molecule has 0 aliphatic carbocycles. The number of fused-ring (bicyclic) bond motifs is 1. The third kappa shape index (κ3) is 5.46. The highest BCUT2D eigenvalue weighted by atomic mass is 32.2. The summed E-state index contributed by atoms with van der Waals surface area (Å²) in [4.78, 5) is 13.3. The molecule has 4 N–H and O–H groups in total. The molecule has 192 valence electrons. The maximum atomic E-state index is 13.3. The maximum absolute atomic E-state index is 13.3. The minimum atomic E-state index is -3.87. The second-order valence-electron chi connectivity index (χ2n) is 8.92. The van der Waals surface area contributed by atoms with Gasteiger partial charge in [-0.2, -0.15) is 0 Å². The molecule has 0 bridgehead atoms. The molecule has 38 heavy (non-hydrogen) atoms.